The van der Waals surface area contributed by atoms with Crippen molar-refractivity contribution in [2.24, 2.45) is 0 Å². The maximum Gasteiger partial charge on any atom is 0.254 e. The summed E-state index contributed by atoms with van der Waals surface area (Å²) in [5.74, 6) is 0.703. The lowest BCUT2D eigenvalue weighted by Crippen LogP contribution is -2.57. The number of hydrogen-bond acceptors (Lipinski definition) is 4. The SMILES string of the molecule is COc1cccc(C(=O)N2CCN(C(=O)[C@@]3(C)CCCCO3)CC2)c1. The molecule has 1 aromatic rings. The molecule has 2 amide bonds. The number of nitrogens with zero attached hydrogens (tertiary/aromatic N) is 2. The number of benzene rings is 1. The Balaban J connectivity index is 1.59. The molecular formula is C19H26N2O4. The number of amides is 2. The van der Waals surface area contributed by atoms with Gasteiger partial charge < -0.3 is 19.3 Å². The van der Waals surface area contributed by atoms with E-state index >= 15 is 0 Å². The fraction of sp³-hybridized carbons (Fsp3) is 0.579. The van der Waals surface area contributed by atoms with E-state index in [1.54, 1.807) is 24.1 Å². The maximum absolute atomic E-state index is 12.8. The number of rotatable bonds is 3. The van der Waals surface area contributed by atoms with E-state index in [2.05, 4.69) is 0 Å². The van der Waals surface area contributed by atoms with E-state index in [0.29, 0.717) is 44.1 Å². The van der Waals surface area contributed by atoms with Crippen LogP contribution in [0.5, 0.6) is 5.75 Å². The van der Waals surface area contributed by atoms with E-state index < -0.39 is 5.60 Å². The number of carbonyl (C=O) groups is 2. The molecule has 0 aromatic heterocycles. The Labute approximate surface area is 148 Å². The molecule has 0 bridgehead atoms. The van der Waals surface area contributed by atoms with Crippen molar-refractivity contribution in [2.45, 2.75) is 31.8 Å². The summed E-state index contributed by atoms with van der Waals surface area (Å²) in [6.07, 6.45) is 2.82. The van der Waals surface area contributed by atoms with Gasteiger partial charge in [-0.1, -0.05) is 6.07 Å². The molecule has 0 saturated carbocycles. The van der Waals surface area contributed by atoms with Crippen molar-refractivity contribution in [1.29, 1.82) is 0 Å². The second-order valence-corrected chi connectivity index (χ2v) is 6.85. The predicted molar refractivity (Wildman–Crippen MR) is 93.7 cm³/mol. The minimum Gasteiger partial charge on any atom is -0.497 e. The Morgan fingerprint density at radius 2 is 1.84 bits per heavy atom. The molecule has 2 aliphatic rings. The highest BCUT2D eigenvalue weighted by Crippen LogP contribution is 2.27. The van der Waals surface area contributed by atoms with Gasteiger partial charge in [-0.25, -0.2) is 0 Å². The zero-order valence-electron chi connectivity index (χ0n) is 15.0. The molecular weight excluding hydrogens is 320 g/mol. The van der Waals surface area contributed by atoms with Crippen molar-refractivity contribution in [3.8, 4) is 5.75 Å². The largest absolute Gasteiger partial charge is 0.497 e. The highest BCUT2D eigenvalue weighted by molar-refractivity contribution is 5.95. The van der Waals surface area contributed by atoms with Crippen LogP contribution in [0.15, 0.2) is 24.3 Å². The van der Waals surface area contributed by atoms with E-state index in [-0.39, 0.29) is 11.8 Å². The average molecular weight is 346 g/mol. The average Bonchev–Trinajstić information content (AvgIpc) is 2.67. The summed E-state index contributed by atoms with van der Waals surface area (Å²) >= 11 is 0. The van der Waals surface area contributed by atoms with Crippen LogP contribution in [0.4, 0.5) is 0 Å². The van der Waals surface area contributed by atoms with Crippen LogP contribution in [0.2, 0.25) is 0 Å². The first-order chi connectivity index (χ1) is 12.0. The van der Waals surface area contributed by atoms with Crippen molar-refractivity contribution in [3.63, 3.8) is 0 Å². The summed E-state index contributed by atoms with van der Waals surface area (Å²) in [6, 6.07) is 7.17. The van der Waals surface area contributed by atoms with Crippen molar-refractivity contribution in [2.75, 3.05) is 39.9 Å². The molecule has 0 N–H and O–H groups in total. The normalized spacial score (nSPS) is 24.1. The van der Waals surface area contributed by atoms with E-state index in [1.165, 1.54) is 0 Å². The number of ether oxygens (including phenoxy) is 2. The summed E-state index contributed by atoms with van der Waals surface area (Å²) in [5, 5.41) is 0. The third-order valence-electron chi connectivity index (χ3n) is 5.09. The van der Waals surface area contributed by atoms with Crippen LogP contribution in [0.3, 0.4) is 0 Å². The molecule has 0 aliphatic carbocycles. The molecule has 0 radical (unpaired) electrons. The lowest BCUT2D eigenvalue weighted by atomic mass is 9.94. The van der Waals surface area contributed by atoms with Crippen molar-refractivity contribution in [1.82, 2.24) is 9.80 Å². The van der Waals surface area contributed by atoms with Gasteiger partial charge in [0.05, 0.1) is 7.11 Å². The zero-order valence-corrected chi connectivity index (χ0v) is 15.0. The first-order valence-electron chi connectivity index (χ1n) is 8.90. The van der Waals surface area contributed by atoms with Gasteiger partial charge in [-0.15, -0.1) is 0 Å². The van der Waals surface area contributed by atoms with Gasteiger partial charge in [0, 0.05) is 38.3 Å². The van der Waals surface area contributed by atoms with Gasteiger partial charge in [0.25, 0.3) is 11.8 Å². The molecule has 2 saturated heterocycles. The molecule has 2 fully saturated rings. The lowest BCUT2D eigenvalue weighted by molar-refractivity contribution is -0.163. The number of methoxy groups -OCH3 is 1. The van der Waals surface area contributed by atoms with Gasteiger partial charge in [-0.3, -0.25) is 9.59 Å². The van der Waals surface area contributed by atoms with Crippen LogP contribution < -0.4 is 4.74 Å². The van der Waals surface area contributed by atoms with Crippen LogP contribution in [0, 0.1) is 0 Å². The molecule has 1 atom stereocenters. The topological polar surface area (TPSA) is 59.1 Å². The summed E-state index contributed by atoms with van der Waals surface area (Å²) in [6.45, 7) is 4.72. The highest BCUT2D eigenvalue weighted by Gasteiger charge is 2.40. The Kier molecular flexibility index (Phi) is 5.27. The molecule has 3 rings (SSSR count). The van der Waals surface area contributed by atoms with Crippen LogP contribution in [-0.2, 0) is 9.53 Å². The first-order valence-corrected chi connectivity index (χ1v) is 8.90. The van der Waals surface area contributed by atoms with Crippen LogP contribution in [0.25, 0.3) is 0 Å². The fourth-order valence-corrected chi connectivity index (χ4v) is 3.49. The van der Waals surface area contributed by atoms with Crippen molar-refractivity contribution >= 4 is 11.8 Å². The molecule has 1 aromatic carbocycles. The zero-order chi connectivity index (χ0) is 17.9. The lowest BCUT2D eigenvalue weighted by Gasteiger charge is -2.41. The van der Waals surface area contributed by atoms with Gasteiger partial charge in [-0.05, 0) is 44.4 Å². The second kappa shape index (κ2) is 7.44. The molecule has 6 nitrogen and oxygen atoms in total. The summed E-state index contributed by atoms with van der Waals surface area (Å²) < 4.78 is 10.9. The Morgan fingerprint density at radius 3 is 2.48 bits per heavy atom. The van der Waals surface area contributed by atoms with E-state index in [4.69, 9.17) is 9.47 Å². The summed E-state index contributed by atoms with van der Waals surface area (Å²) in [5.41, 5.74) is -0.0845. The maximum atomic E-state index is 12.8. The van der Waals surface area contributed by atoms with E-state index in [9.17, 15) is 9.59 Å². The van der Waals surface area contributed by atoms with Crippen molar-refractivity contribution < 1.29 is 19.1 Å². The van der Waals surface area contributed by atoms with E-state index in [1.807, 2.05) is 24.0 Å². The van der Waals surface area contributed by atoms with E-state index in [0.717, 1.165) is 19.3 Å². The van der Waals surface area contributed by atoms with Crippen molar-refractivity contribution in [3.05, 3.63) is 29.8 Å². The van der Waals surface area contributed by atoms with Crippen LogP contribution in [0.1, 0.15) is 36.5 Å². The van der Waals surface area contributed by atoms with Gasteiger partial charge in [0.2, 0.25) is 0 Å². The monoisotopic (exact) mass is 346 g/mol. The minimum absolute atomic E-state index is 0.0221. The van der Waals surface area contributed by atoms with Gasteiger partial charge in [0.1, 0.15) is 11.4 Å². The molecule has 2 aliphatic heterocycles. The number of piperazine rings is 1. The minimum atomic E-state index is -0.697. The second-order valence-electron chi connectivity index (χ2n) is 6.85. The molecule has 25 heavy (non-hydrogen) atoms. The molecule has 0 unspecified atom stereocenters. The standard InChI is InChI=1S/C19H26N2O4/c1-19(8-3-4-13-25-19)18(23)21-11-9-20(10-12-21)17(22)15-6-5-7-16(14-15)24-2/h5-7,14H,3-4,8-13H2,1-2H3/t19-/m1/s1. The predicted octanol–water partition coefficient (Wildman–Crippen LogP) is 1.94. The van der Waals surface area contributed by atoms with Gasteiger partial charge >= 0.3 is 0 Å². The highest BCUT2D eigenvalue weighted by atomic mass is 16.5. The first kappa shape index (κ1) is 17.7. The Bertz CT molecular complexity index is 632. The quantitative estimate of drug-likeness (QED) is 0.839. The number of carbonyl (C=O) groups excluding carboxylic acids is 2. The van der Waals surface area contributed by atoms with Gasteiger partial charge in [-0.2, -0.15) is 0 Å². The smallest absolute Gasteiger partial charge is 0.254 e. The third-order valence-corrected chi connectivity index (χ3v) is 5.09. The van der Waals surface area contributed by atoms with Crippen LogP contribution in [-0.4, -0.2) is 67.1 Å². The fourth-order valence-electron chi connectivity index (χ4n) is 3.49. The van der Waals surface area contributed by atoms with Crippen LogP contribution >= 0.6 is 0 Å². The Morgan fingerprint density at radius 1 is 1.12 bits per heavy atom. The molecule has 136 valence electrons. The number of hydrogen-bond donors (Lipinski definition) is 0. The molecule has 6 heteroatoms. The Hall–Kier alpha value is -2.08. The summed E-state index contributed by atoms with van der Waals surface area (Å²) in [4.78, 5) is 29.1. The molecule has 2 heterocycles. The summed E-state index contributed by atoms with van der Waals surface area (Å²) in [7, 11) is 1.59. The van der Waals surface area contributed by atoms with Gasteiger partial charge in [0.15, 0.2) is 0 Å². The molecule has 0 spiro atoms. The third kappa shape index (κ3) is 3.79.